The molecule has 0 spiro atoms. The lowest BCUT2D eigenvalue weighted by Gasteiger charge is -2.08. The number of hydrogen-bond donors (Lipinski definition) is 1. The number of rotatable bonds is 6. The first kappa shape index (κ1) is 19.6. The van der Waals surface area contributed by atoms with Gasteiger partial charge in [-0.05, 0) is 66.8 Å². The molecule has 144 valence electrons. The topological polar surface area (TPSA) is 97.4 Å². The normalized spacial score (nSPS) is 14.0. The Kier molecular flexibility index (Phi) is 5.39. The fourth-order valence-electron chi connectivity index (χ4n) is 3.10. The molecule has 0 saturated heterocycles. The molecule has 1 N–H and O–H groups in total. The Morgan fingerprint density at radius 2 is 1.56 bits per heavy atom. The molecular weight excluding hydrogens is 386 g/mol. The second kappa shape index (κ2) is 7.44. The molecule has 2 aromatic carbocycles. The van der Waals surface area contributed by atoms with Crippen LogP contribution in [0.5, 0.6) is 0 Å². The highest BCUT2D eigenvalue weighted by molar-refractivity contribution is 7.91. The highest BCUT2D eigenvalue weighted by Gasteiger charge is 2.20. The van der Waals surface area contributed by atoms with Crippen molar-refractivity contribution in [3.63, 3.8) is 0 Å². The van der Waals surface area contributed by atoms with Crippen LogP contribution in [-0.4, -0.2) is 34.8 Å². The summed E-state index contributed by atoms with van der Waals surface area (Å²) in [6.07, 6.45) is 3.84. The predicted molar refractivity (Wildman–Crippen MR) is 103 cm³/mol. The Balaban J connectivity index is 1.61. The van der Waals surface area contributed by atoms with Gasteiger partial charge in [0.25, 0.3) is 0 Å². The van der Waals surface area contributed by atoms with Gasteiger partial charge in [-0.25, -0.2) is 16.8 Å². The molecule has 0 atom stereocenters. The van der Waals surface area contributed by atoms with Crippen molar-refractivity contribution in [3.05, 3.63) is 53.6 Å². The van der Waals surface area contributed by atoms with E-state index in [-0.39, 0.29) is 22.0 Å². The largest absolute Gasteiger partial charge is 0.326 e. The third-order valence-electron chi connectivity index (χ3n) is 4.59. The summed E-state index contributed by atoms with van der Waals surface area (Å²) in [4.78, 5) is 12.5. The maximum atomic E-state index is 12.5. The van der Waals surface area contributed by atoms with Crippen LogP contribution in [-0.2, 0) is 37.3 Å². The molecule has 0 radical (unpaired) electrons. The summed E-state index contributed by atoms with van der Waals surface area (Å²) in [5.74, 6) is -0.717. The van der Waals surface area contributed by atoms with E-state index in [1.54, 1.807) is 12.1 Å². The van der Waals surface area contributed by atoms with E-state index in [9.17, 15) is 21.6 Å². The molecule has 0 fully saturated rings. The van der Waals surface area contributed by atoms with Gasteiger partial charge in [0.1, 0.15) is 0 Å². The fourth-order valence-corrected chi connectivity index (χ4v) is 5.01. The molecule has 3 rings (SSSR count). The lowest BCUT2D eigenvalue weighted by Crippen LogP contribution is -2.17. The van der Waals surface area contributed by atoms with E-state index in [4.69, 9.17) is 0 Å². The van der Waals surface area contributed by atoms with Crippen molar-refractivity contribution in [2.75, 3.05) is 17.3 Å². The van der Waals surface area contributed by atoms with Crippen LogP contribution in [0.3, 0.4) is 0 Å². The standard InChI is InChI=1S/C19H21NO5S2/c1-26(22,23)17-9-6-16(7-10-17)20-19(21)11-12-27(24,25)18-8-5-14-3-2-4-15(14)13-18/h5-10,13H,2-4,11-12H2,1H3,(H,20,21). The molecule has 0 heterocycles. The van der Waals surface area contributed by atoms with Crippen LogP contribution in [0.4, 0.5) is 5.69 Å². The molecule has 0 unspecified atom stereocenters. The Morgan fingerprint density at radius 3 is 2.22 bits per heavy atom. The molecule has 27 heavy (non-hydrogen) atoms. The fraction of sp³-hybridized carbons (Fsp3) is 0.316. The predicted octanol–water partition coefficient (Wildman–Crippen LogP) is 2.38. The average molecular weight is 408 g/mol. The van der Waals surface area contributed by atoms with Crippen molar-refractivity contribution >= 4 is 31.3 Å². The number of amides is 1. The monoisotopic (exact) mass is 407 g/mol. The molecule has 1 aliphatic rings. The zero-order chi connectivity index (χ0) is 19.7. The van der Waals surface area contributed by atoms with Gasteiger partial charge in [-0.1, -0.05) is 6.07 Å². The smallest absolute Gasteiger partial charge is 0.225 e. The SMILES string of the molecule is CS(=O)(=O)c1ccc(NC(=O)CCS(=O)(=O)c2ccc3c(c2)CCC3)cc1. The maximum Gasteiger partial charge on any atom is 0.225 e. The van der Waals surface area contributed by atoms with Crippen molar-refractivity contribution in [2.45, 2.75) is 35.5 Å². The van der Waals surface area contributed by atoms with E-state index in [1.807, 2.05) is 6.07 Å². The third-order valence-corrected chi connectivity index (χ3v) is 7.44. The molecule has 1 aliphatic carbocycles. The average Bonchev–Trinajstić information content (AvgIpc) is 3.07. The Morgan fingerprint density at radius 1 is 0.926 bits per heavy atom. The Hall–Kier alpha value is -2.19. The summed E-state index contributed by atoms with van der Waals surface area (Å²) in [7, 11) is -6.84. The van der Waals surface area contributed by atoms with Crippen LogP contribution in [0.15, 0.2) is 52.3 Å². The Labute approximate surface area is 159 Å². The highest BCUT2D eigenvalue weighted by Crippen LogP contribution is 2.25. The summed E-state index contributed by atoms with van der Waals surface area (Å²) in [5, 5.41) is 2.59. The van der Waals surface area contributed by atoms with E-state index in [2.05, 4.69) is 5.32 Å². The summed E-state index contributed by atoms with van der Waals surface area (Å²) >= 11 is 0. The quantitative estimate of drug-likeness (QED) is 0.793. The van der Waals surface area contributed by atoms with E-state index in [1.165, 1.54) is 29.8 Å². The van der Waals surface area contributed by atoms with E-state index < -0.39 is 25.6 Å². The number of hydrogen-bond acceptors (Lipinski definition) is 5. The molecule has 1 amide bonds. The van der Waals surface area contributed by atoms with Crippen LogP contribution < -0.4 is 5.32 Å². The number of sulfone groups is 2. The first-order valence-electron chi connectivity index (χ1n) is 8.60. The van der Waals surface area contributed by atoms with Crippen molar-refractivity contribution < 1.29 is 21.6 Å². The van der Waals surface area contributed by atoms with Gasteiger partial charge < -0.3 is 5.32 Å². The van der Waals surface area contributed by atoms with Crippen molar-refractivity contribution in [1.82, 2.24) is 0 Å². The summed E-state index contributed by atoms with van der Waals surface area (Å²) in [6, 6.07) is 10.9. The molecular formula is C19H21NO5S2. The zero-order valence-electron chi connectivity index (χ0n) is 14.9. The molecule has 8 heteroatoms. The minimum atomic E-state index is -3.54. The molecule has 0 saturated carbocycles. The van der Waals surface area contributed by atoms with Gasteiger partial charge >= 0.3 is 0 Å². The minimum absolute atomic E-state index is 0.152. The molecule has 6 nitrogen and oxygen atoms in total. The van der Waals surface area contributed by atoms with Gasteiger partial charge in [-0.15, -0.1) is 0 Å². The van der Waals surface area contributed by atoms with Gasteiger partial charge in [-0.3, -0.25) is 4.79 Å². The first-order chi connectivity index (χ1) is 12.6. The number of carbonyl (C=O) groups is 1. The van der Waals surface area contributed by atoms with Crippen LogP contribution in [0.1, 0.15) is 24.0 Å². The number of fused-ring (bicyclic) bond motifs is 1. The van der Waals surface area contributed by atoms with E-state index in [0.717, 1.165) is 31.1 Å². The van der Waals surface area contributed by atoms with Crippen LogP contribution in [0.25, 0.3) is 0 Å². The lowest BCUT2D eigenvalue weighted by atomic mass is 10.1. The zero-order valence-corrected chi connectivity index (χ0v) is 16.6. The van der Waals surface area contributed by atoms with Crippen molar-refractivity contribution in [3.8, 4) is 0 Å². The molecule has 0 aromatic heterocycles. The second-order valence-electron chi connectivity index (χ2n) is 6.70. The summed E-state index contributed by atoms with van der Waals surface area (Å²) in [5.41, 5.74) is 2.69. The van der Waals surface area contributed by atoms with Crippen molar-refractivity contribution in [2.24, 2.45) is 0 Å². The van der Waals surface area contributed by atoms with Gasteiger partial charge in [0.15, 0.2) is 19.7 Å². The van der Waals surface area contributed by atoms with Crippen LogP contribution in [0, 0.1) is 0 Å². The first-order valence-corrected chi connectivity index (χ1v) is 12.1. The summed E-state index contributed by atoms with van der Waals surface area (Å²) < 4.78 is 47.9. The Bertz CT molecular complexity index is 1070. The maximum absolute atomic E-state index is 12.5. The molecule has 0 aliphatic heterocycles. The van der Waals surface area contributed by atoms with Crippen molar-refractivity contribution in [1.29, 1.82) is 0 Å². The van der Waals surface area contributed by atoms with E-state index in [0.29, 0.717) is 5.69 Å². The number of benzene rings is 2. The second-order valence-corrected chi connectivity index (χ2v) is 10.8. The van der Waals surface area contributed by atoms with E-state index >= 15 is 0 Å². The van der Waals surface area contributed by atoms with Gasteiger partial charge in [0, 0.05) is 18.4 Å². The number of anilines is 1. The molecule has 2 aromatic rings. The van der Waals surface area contributed by atoms with Crippen LogP contribution >= 0.6 is 0 Å². The number of carbonyl (C=O) groups excluding carboxylic acids is 1. The highest BCUT2D eigenvalue weighted by atomic mass is 32.2. The van der Waals surface area contributed by atoms with Gasteiger partial charge in [0.2, 0.25) is 5.91 Å². The third kappa shape index (κ3) is 4.75. The number of nitrogens with one attached hydrogen (secondary N) is 1. The lowest BCUT2D eigenvalue weighted by molar-refractivity contribution is -0.115. The van der Waals surface area contributed by atoms with Crippen LogP contribution in [0.2, 0.25) is 0 Å². The number of aryl methyl sites for hydroxylation is 2. The van der Waals surface area contributed by atoms with Gasteiger partial charge in [0.05, 0.1) is 15.5 Å². The minimum Gasteiger partial charge on any atom is -0.326 e. The summed E-state index contributed by atoms with van der Waals surface area (Å²) in [6.45, 7) is 0. The van der Waals surface area contributed by atoms with Gasteiger partial charge in [-0.2, -0.15) is 0 Å². The molecule has 0 bridgehead atoms.